The second kappa shape index (κ2) is 8.51. The first-order valence-electron chi connectivity index (χ1n) is 9.27. The number of thioether (sulfide) groups is 1. The van der Waals surface area contributed by atoms with Crippen molar-refractivity contribution in [3.05, 3.63) is 90.2 Å². The third-order valence-electron chi connectivity index (χ3n) is 4.62. The fourth-order valence-corrected chi connectivity index (χ4v) is 4.18. The van der Waals surface area contributed by atoms with Gasteiger partial charge in [-0.15, -0.1) is 11.8 Å². The molecule has 7 heteroatoms. The van der Waals surface area contributed by atoms with Crippen LogP contribution in [0, 0.1) is 5.82 Å². The van der Waals surface area contributed by atoms with Gasteiger partial charge in [0, 0.05) is 22.6 Å². The van der Waals surface area contributed by atoms with Gasteiger partial charge in [0.25, 0.3) is 5.91 Å². The maximum atomic E-state index is 13.0. The van der Waals surface area contributed by atoms with Gasteiger partial charge in [-0.25, -0.2) is 9.29 Å². The zero-order valence-corrected chi connectivity index (χ0v) is 16.6. The lowest BCUT2D eigenvalue weighted by Crippen LogP contribution is -2.30. The molecular weight excluding hydrogens is 403 g/mol. The Bertz CT molecular complexity index is 1090. The van der Waals surface area contributed by atoms with Crippen molar-refractivity contribution in [3.63, 3.8) is 0 Å². The molecule has 3 aromatic carbocycles. The number of nitrogens with one attached hydrogen (secondary N) is 1. The summed E-state index contributed by atoms with van der Waals surface area (Å²) in [7, 11) is 0. The maximum absolute atomic E-state index is 13.0. The van der Waals surface area contributed by atoms with Crippen LogP contribution in [0.25, 0.3) is 0 Å². The molecule has 1 aliphatic heterocycles. The Morgan fingerprint density at radius 2 is 1.60 bits per heavy atom. The Labute approximate surface area is 176 Å². The minimum Gasteiger partial charge on any atom is -0.322 e. The maximum Gasteiger partial charge on any atom is 0.255 e. The molecule has 3 aromatic rings. The molecule has 30 heavy (non-hydrogen) atoms. The molecule has 1 heterocycles. The molecule has 0 saturated carbocycles. The van der Waals surface area contributed by atoms with E-state index in [1.54, 1.807) is 48.5 Å². The van der Waals surface area contributed by atoms with Crippen molar-refractivity contribution in [2.24, 2.45) is 0 Å². The molecule has 1 aliphatic rings. The highest BCUT2D eigenvalue weighted by atomic mass is 32.2. The van der Waals surface area contributed by atoms with Crippen LogP contribution in [-0.4, -0.2) is 23.0 Å². The summed E-state index contributed by atoms with van der Waals surface area (Å²) in [4.78, 5) is 39.3. The van der Waals surface area contributed by atoms with E-state index < -0.39 is 11.1 Å². The monoisotopic (exact) mass is 420 g/mol. The molecule has 0 bridgehead atoms. The smallest absolute Gasteiger partial charge is 0.255 e. The number of halogens is 1. The van der Waals surface area contributed by atoms with Gasteiger partial charge in [0.05, 0.1) is 10.9 Å². The molecule has 1 N–H and O–H groups in total. The van der Waals surface area contributed by atoms with Gasteiger partial charge in [-0.05, 0) is 60.7 Å². The van der Waals surface area contributed by atoms with Crippen molar-refractivity contribution in [1.29, 1.82) is 0 Å². The van der Waals surface area contributed by atoms with Gasteiger partial charge in [-0.3, -0.25) is 14.4 Å². The Morgan fingerprint density at radius 1 is 0.933 bits per heavy atom. The van der Waals surface area contributed by atoms with Crippen LogP contribution >= 0.6 is 11.8 Å². The van der Waals surface area contributed by atoms with E-state index in [2.05, 4.69) is 5.32 Å². The predicted octanol–water partition coefficient (Wildman–Crippen LogP) is 4.50. The lowest BCUT2D eigenvalue weighted by atomic mass is 10.2. The molecule has 4 rings (SSSR count). The first-order valence-corrected chi connectivity index (χ1v) is 10.1. The number of para-hydroxylation sites is 1. The highest BCUT2D eigenvalue weighted by Gasteiger charge is 2.40. The average molecular weight is 420 g/mol. The normalized spacial score (nSPS) is 16.0. The molecule has 150 valence electrons. The van der Waals surface area contributed by atoms with E-state index in [1.165, 1.54) is 40.9 Å². The van der Waals surface area contributed by atoms with Gasteiger partial charge < -0.3 is 5.32 Å². The Hall–Kier alpha value is -3.45. The minimum atomic E-state index is -0.489. The molecule has 5 nitrogen and oxygen atoms in total. The van der Waals surface area contributed by atoms with Gasteiger partial charge in [0.1, 0.15) is 5.82 Å². The van der Waals surface area contributed by atoms with E-state index in [1.807, 2.05) is 6.07 Å². The number of benzene rings is 3. The molecule has 0 radical (unpaired) electrons. The van der Waals surface area contributed by atoms with Crippen LogP contribution in [-0.2, 0) is 9.59 Å². The van der Waals surface area contributed by atoms with E-state index in [0.29, 0.717) is 16.9 Å². The quantitative estimate of drug-likeness (QED) is 0.617. The number of nitrogens with zero attached hydrogens (tertiary/aromatic N) is 1. The van der Waals surface area contributed by atoms with Crippen LogP contribution in [0.15, 0.2) is 83.8 Å². The van der Waals surface area contributed by atoms with Crippen molar-refractivity contribution in [1.82, 2.24) is 0 Å². The second-order valence-electron chi connectivity index (χ2n) is 6.70. The minimum absolute atomic E-state index is 0.140. The zero-order chi connectivity index (χ0) is 21.1. The van der Waals surface area contributed by atoms with Crippen LogP contribution < -0.4 is 10.2 Å². The first kappa shape index (κ1) is 19.8. The summed E-state index contributed by atoms with van der Waals surface area (Å²) in [5.41, 5.74) is 1.51. The largest absolute Gasteiger partial charge is 0.322 e. The Balaban J connectivity index is 1.40. The molecule has 0 aliphatic carbocycles. The highest BCUT2D eigenvalue weighted by Crippen LogP contribution is 2.34. The standard InChI is InChI=1S/C23H17FN2O3S/c24-16-8-6-15(7-9-16)22(28)25-17-10-12-19(13-11-17)30-20-14-21(27)26(23(20)29)18-4-2-1-3-5-18/h1-13,20H,14H2,(H,25,28). The molecule has 1 fully saturated rings. The van der Waals surface area contributed by atoms with Gasteiger partial charge in [-0.2, -0.15) is 0 Å². The third kappa shape index (κ3) is 4.26. The summed E-state index contributed by atoms with van der Waals surface area (Å²) >= 11 is 1.32. The van der Waals surface area contributed by atoms with E-state index >= 15 is 0 Å². The SMILES string of the molecule is O=C(Nc1ccc(SC2CC(=O)N(c3ccccc3)C2=O)cc1)c1ccc(F)cc1. The lowest BCUT2D eigenvalue weighted by Gasteiger charge is -2.14. The number of hydrogen-bond acceptors (Lipinski definition) is 4. The Kier molecular flexibility index (Phi) is 5.63. The topological polar surface area (TPSA) is 66.5 Å². The summed E-state index contributed by atoms with van der Waals surface area (Å²) < 4.78 is 13.0. The number of imide groups is 1. The highest BCUT2D eigenvalue weighted by molar-refractivity contribution is 8.00. The lowest BCUT2D eigenvalue weighted by molar-refractivity contribution is -0.121. The molecule has 1 saturated heterocycles. The molecule has 3 amide bonds. The van der Waals surface area contributed by atoms with Crippen molar-refractivity contribution >= 4 is 40.9 Å². The van der Waals surface area contributed by atoms with Gasteiger partial charge in [0.15, 0.2) is 0 Å². The van der Waals surface area contributed by atoms with Crippen LogP contribution in [0.5, 0.6) is 0 Å². The molecule has 1 atom stereocenters. The summed E-state index contributed by atoms with van der Waals surface area (Å²) in [5, 5.41) is 2.25. The number of carbonyl (C=O) groups is 3. The molecule has 1 unspecified atom stereocenters. The molecule has 0 aromatic heterocycles. The average Bonchev–Trinajstić information content (AvgIpc) is 3.03. The van der Waals surface area contributed by atoms with Crippen molar-refractivity contribution in [2.75, 3.05) is 10.2 Å². The summed E-state index contributed by atoms with van der Waals surface area (Å²) in [5.74, 6) is -1.19. The number of anilines is 2. The summed E-state index contributed by atoms with van der Waals surface area (Å²) in [6.07, 6.45) is 0.140. The zero-order valence-electron chi connectivity index (χ0n) is 15.7. The third-order valence-corrected chi connectivity index (χ3v) is 5.81. The number of amides is 3. The van der Waals surface area contributed by atoms with E-state index in [-0.39, 0.29) is 24.1 Å². The van der Waals surface area contributed by atoms with Crippen LogP contribution in [0.4, 0.5) is 15.8 Å². The van der Waals surface area contributed by atoms with Crippen LogP contribution in [0.2, 0.25) is 0 Å². The van der Waals surface area contributed by atoms with Crippen molar-refractivity contribution < 1.29 is 18.8 Å². The van der Waals surface area contributed by atoms with E-state index in [0.717, 1.165) is 4.90 Å². The van der Waals surface area contributed by atoms with Crippen molar-refractivity contribution in [2.45, 2.75) is 16.6 Å². The fourth-order valence-electron chi connectivity index (χ4n) is 3.13. The number of carbonyl (C=O) groups excluding carboxylic acids is 3. The number of rotatable bonds is 5. The van der Waals surface area contributed by atoms with E-state index in [9.17, 15) is 18.8 Å². The van der Waals surface area contributed by atoms with Gasteiger partial charge in [-0.1, -0.05) is 18.2 Å². The van der Waals surface area contributed by atoms with Crippen LogP contribution in [0.1, 0.15) is 16.8 Å². The van der Waals surface area contributed by atoms with E-state index in [4.69, 9.17) is 0 Å². The predicted molar refractivity (Wildman–Crippen MR) is 114 cm³/mol. The van der Waals surface area contributed by atoms with Gasteiger partial charge >= 0.3 is 0 Å². The number of hydrogen-bond donors (Lipinski definition) is 1. The molecule has 0 spiro atoms. The summed E-state index contributed by atoms with van der Waals surface area (Å²) in [6.45, 7) is 0. The summed E-state index contributed by atoms with van der Waals surface area (Å²) in [6, 6.07) is 21.2. The van der Waals surface area contributed by atoms with Crippen LogP contribution in [0.3, 0.4) is 0 Å². The fraction of sp³-hybridized carbons (Fsp3) is 0.0870. The first-order chi connectivity index (χ1) is 14.5. The second-order valence-corrected chi connectivity index (χ2v) is 7.98. The van der Waals surface area contributed by atoms with Gasteiger partial charge in [0.2, 0.25) is 11.8 Å². The molecular formula is C23H17FN2O3S. The van der Waals surface area contributed by atoms with Crippen molar-refractivity contribution in [3.8, 4) is 0 Å². The Morgan fingerprint density at radius 3 is 2.27 bits per heavy atom.